The van der Waals surface area contributed by atoms with E-state index in [1.54, 1.807) is 11.8 Å². The minimum absolute atomic E-state index is 0.0589. The molecule has 2 rings (SSSR count). The Bertz CT molecular complexity index is 406. The maximum atomic E-state index is 12.2. The Morgan fingerprint density at radius 2 is 2.11 bits per heavy atom. The molecule has 2 aliphatic rings. The zero-order valence-corrected chi connectivity index (χ0v) is 11.7. The molecule has 2 saturated heterocycles. The lowest BCUT2D eigenvalue weighted by atomic mass is 10.1. The fourth-order valence-electron chi connectivity index (χ4n) is 2.35. The van der Waals surface area contributed by atoms with Gasteiger partial charge in [-0.05, 0) is 31.4 Å². The second-order valence-electron chi connectivity index (χ2n) is 4.64. The van der Waals surface area contributed by atoms with E-state index in [1.165, 1.54) is 0 Å². The first kappa shape index (κ1) is 14.1. The molecule has 6 nitrogen and oxygen atoms in total. The van der Waals surface area contributed by atoms with Gasteiger partial charge in [-0.3, -0.25) is 4.79 Å². The highest BCUT2D eigenvalue weighted by Gasteiger charge is 2.37. The molecule has 8 heteroatoms. The minimum atomic E-state index is -3.67. The maximum Gasteiger partial charge on any atom is 0.322 e. The fourth-order valence-corrected chi connectivity index (χ4v) is 5.26. The lowest BCUT2D eigenvalue weighted by molar-refractivity contribution is -0.142. The van der Waals surface area contributed by atoms with Crippen LogP contribution in [0.1, 0.15) is 25.7 Å². The molecule has 0 aliphatic carbocycles. The van der Waals surface area contributed by atoms with Crippen molar-refractivity contribution in [3.8, 4) is 0 Å². The first-order valence-corrected chi connectivity index (χ1v) is 8.70. The molecule has 18 heavy (non-hydrogen) atoms. The Labute approximate surface area is 111 Å². The number of piperidine rings is 1. The summed E-state index contributed by atoms with van der Waals surface area (Å²) in [5, 5.41) is 9.09. The maximum absolute atomic E-state index is 12.2. The molecule has 0 aromatic carbocycles. The fraction of sp³-hybridized carbons (Fsp3) is 0.900. The molecule has 2 N–H and O–H groups in total. The quantitative estimate of drug-likeness (QED) is 0.777. The van der Waals surface area contributed by atoms with E-state index >= 15 is 0 Å². The lowest BCUT2D eigenvalue weighted by Gasteiger charge is -2.32. The van der Waals surface area contributed by atoms with Crippen LogP contribution in [-0.2, 0) is 15.0 Å². The highest BCUT2D eigenvalue weighted by molar-refractivity contribution is 7.99. The normalized spacial score (nSPS) is 30.4. The van der Waals surface area contributed by atoms with Crippen molar-refractivity contribution in [2.45, 2.75) is 37.8 Å². The van der Waals surface area contributed by atoms with Gasteiger partial charge < -0.3 is 5.11 Å². The van der Waals surface area contributed by atoms with Gasteiger partial charge in [0.1, 0.15) is 6.04 Å². The zero-order chi connectivity index (χ0) is 13.2. The van der Waals surface area contributed by atoms with E-state index in [1.807, 2.05) is 0 Å². The monoisotopic (exact) mass is 294 g/mol. The van der Waals surface area contributed by atoms with Crippen molar-refractivity contribution in [2.24, 2.45) is 0 Å². The Balaban J connectivity index is 2.08. The van der Waals surface area contributed by atoms with Gasteiger partial charge in [0, 0.05) is 18.3 Å². The van der Waals surface area contributed by atoms with Crippen LogP contribution in [0.3, 0.4) is 0 Å². The van der Waals surface area contributed by atoms with Crippen molar-refractivity contribution in [3.63, 3.8) is 0 Å². The van der Waals surface area contributed by atoms with Gasteiger partial charge in [0.05, 0.1) is 0 Å². The zero-order valence-electron chi connectivity index (χ0n) is 10.0. The molecule has 0 saturated carbocycles. The van der Waals surface area contributed by atoms with Gasteiger partial charge in [-0.15, -0.1) is 0 Å². The Hall–Kier alpha value is -0.310. The molecular weight excluding hydrogens is 276 g/mol. The topological polar surface area (TPSA) is 86.7 Å². The van der Waals surface area contributed by atoms with Crippen molar-refractivity contribution in [1.82, 2.24) is 9.03 Å². The van der Waals surface area contributed by atoms with Gasteiger partial charge >= 0.3 is 5.97 Å². The minimum Gasteiger partial charge on any atom is -0.480 e. The number of nitrogens with one attached hydrogen (secondary N) is 1. The number of aliphatic carboxylic acids is 1. The van der Waals surface area contributed by atoms with E-state index in [9.17, 15) is 13.2 Å². The van der Waals surface area contributed by atoms with Crippen molar-refractivity contribution >= 4 is 27.9 Å². The van der Waals surface area contributed by atoms with E-state index in [2.05, 4.69) is 4.72 Å². The van der Waals surface area contributed by atoms with Crippen LogP contribution in [-0.4, -0.2) is 53.9 Å². The van der Waals surface area contributed by atoms with Gasteiger partial charge in [-0.1, -0.05) is 0 Å². The number of carboxylic acids is 1. The smallest absolute Gasteiger partial charge is 0.322 e. The van der Waals surface area contributed by atoms with Crippen molar-refractivity contribution in [1.29, 1.82) is 0 Å². The summed E-state index contributed by atoms with van der Waals surface area (Å²) >= 11 is 1.71. The van der Waals surface area contributed by atoms with Gasteiger partial charge in [0.15, 0.2) is 0 Å². The number of carbonyl (C=O) groups is 1. The van der Waals surface area contributed by atoms with Crippen LogP contribution in [0.15, 0.2) is 0 Å². The second-order valence-corrected chi connectivity index (χ2v) is 7.45. The van der Waals surface area contributed by atoms with Crippen LogP contribution in [0.2, 0.25) is 0 Å². The molecule has 0 aromatic rings. The predicted octanol–water partition coefficient (Wildman–Crippen LogP) is 0.265. The largest absolute Gasteiger partial charge is 0.480 e. The van der Waals surface area contributed by atoms with Gasteiger partial charge in [0.2, 0.25) is 0 Å². The summed E-state index contributed by atoms with van der Waals surface area (Å²) in [7, 11) is -3.67. The standard InChI is InChI=1S/C10H18N2O4S2/c13-10(14)9-3-1-2-5-12(9)18(15,16)11-8-4-6-17-7-8/h8-9,11H,1-7H2,(H,13,14). The summed E-state index contributed by atoms with van der Waals surface area (Å²) in [6.07, 6.45) is 2.71. The molecule has 0 aromatic heterocycles. The summed E-state index contributed by atoms with van der Waals surface area (Å²) in [4.78, 5) is 11.1. The van der Waals surface area contributed by atoms with E-state index < -0.39 is 22.2 Å². The van der Waals surface area contributed by atoms with E-state index in [-0.39, 0.29) is 6.04 Å². The van der Waals surface area contributed by atoms with Crippen LogP contribution in [0.5, 0.6) is 0 Å². The lowest BCUT2D eigenvalue weighted by Crippen LogP contribution is -2.54. The third kappa shape index (κ3) is 3.17. The summed E-state index contributed by atoms with van der Waals surface area (Å²) in [6.45, 7) is 0.298. The Morgan fingerprint density at radius 3 is 2.72 bits per heavy atom. The molecule has 0 bridgehead atoms. The molecule has 0 amide bonds. The predicted molar refractivity (Wildman–Crippen MR) is 69.8 cm³/mol. The number of hydrogen-bond donors (Lipinski definition) is 2. The third-order valence-electron chi connectivity index (χ3n) is 3.29. The van der Waals surface area contributed by atoms with Crippen LogP contribution in [0.25, 0.3) is 0 Å². The molecule has 0 radical (unpaired) electrons. The number of thioether (sulfide) groups is 1. The average molecular weight is 294 g/mol. The second kappa shape index (κ2) is 5.77. The Morgan fingerprint density at radius 1 is 1.33 bits per heavy atom. The van der Waals surface area contributed by atoms with E-state index in [4.69, 9.17) is 5.11 Å². The number of hydrogen-bond acceptors (Lipinski definition) is 4. The number of nitrogens with zero attached hydrogens (tertiary/aromatic N) is 1. The van der Waals surface area contributed by atoms with Gasteiger partial charge in [-0.25, -0.2) is 0 Å². The first-order valence-electron chi connectivity index (χ1n) is 6.10. The third-order valence-corrected chi connectivity index (χ3v) is 6.14. The van der Waals surface area contributed by atoms with Crippen LogP contribution < -0.4 is 4.72 Å². The van der Waals surface area contributed by atoms with E-state index in [0.29, 0.717) is 13.0 Å². The van der Waals surface area contributed by atoms with Gasteiger partial charge in [0.25, 0.3) is 10.2 Å². The summed E-state index contributed by atoms with van der Waals surface area (Å²) < 4.78 is 28.1. The number of rotatable bonds is 4. The van der Waals surface area contributed by atoms with Crippen molar-refractivity contribution in [2.75, 3.05) is 18.1 Å². The molecular formula is C10H18N2O4S2. The van der Waals surface area contributed by atoms with Gasteiger partial charge in [-0.2, -0.15) is 29.2 Å². The molecule has 2 aliphatic heterocycles. The van der Waals surface area contributed by atoms with Crippen LogP contribution >= 0.6 is 11.8 Å². The first-order chi connectivity index (χ1) is 8.50. The molecule has 2 atom stereocenters. The molecule has 2 heterocycles. The van der Waals surface area contributed by atoms with Crippen molar-refractivity contribution < 1.29 is 18.3 Å². The van der Waals surface area contributed by atoms with Crippen LogP contribution in [0.4, 0.5) is 0 Å². The molecule has 0 spiro atoms. The highest BCUT2D eigenvalue weighted by Crippen LogP contribution is 2.22. The molecule has 104 valence electrons. The summed E-state index contributed by atoms with van der Waals surface area (Å²) in [5.74, 6) is 0.668. The SMILES string of the molecule is O=C(O)C1CCCCN1S(=O)(=O)NC1CCSC1. The number of carboxylic acid groups (broad SMARTS) is 1. The van der Waals surface area contributed by atoms with Crippen molar-refractivity contribution in [3.05, 3.63) is 0 Å². The Kier molecular flexibility index (Phi) is 4.52. The molecule has 2 fully saturated rings. The summed E-state index contributed by atoms with van der Waals surface area (Å²) in [6, 6.07) is -0.971. The molecule has 2 unspecified atom stereocenters. The average Bonchev–Trinajstić information content (AvgIpc) is 2.81. The summed E-state index contributed by atoms with van der Waals surface area (Å²) in [5.41, 5.74) is 0. The van der Waals surface area contributed by atoms with Crippen LogP contribution in [0, 0.1) is 0 Å². The van der Waals surface area contributed by atoms with E-state index in [0.717, 1.165) is 35.1 Å². The highest BCUT2D eigenvalue weighted by atomic mass is 32.2.